The third-order valence-corrected chi connectivity index (χ3v) is 2.74. The lowest BCUT2D eigenvalue weighted by molar-refractivity contribution is 0.619. The first-order valence-electron chi connectivity index (χ1n) is 5.00. The van der Waals surface area contributed by atoms with Crippen molar-refractivity contribution >= 4 is 28.4 Å². The molecule has 0 spiro atoms. The molecule has 2 aromatic heterocycles. The summed E-state index contributed by atoms with van der Waals surface area (Å²) in [5, 5.41) is 0.555. The van der Waals surface area contributed by atoms with Crippen molar-refractivity contribution in [3.05, 3.63) is 41.7 Å². The number of aromatic nitrogens is 2. The maximum Gasteiger partial charge on any atom is 0.230 e. The van der Waals surface area contributed by atoms with Crippen molar-refractivity contribution in [1.29, 1.82) is 0 Å². The van der Waals surface area contributed by atoms with E-state index in [1.165, 1.54) is 0 Å². The van der Waals surface area contributed by atoms with Gasteiger partial charge in [0.25, 0.3) is 0 Å². The van der Waals surface area contributed by atoms with Crippen LogP contribution in [0, 0.1) is 0 Å². The molecule has 84 valence electrons. The molecule has 0 radical (unpaired) electrons. The molecule has 0 aliphatic carbocycles. The monoisotopic (exact) mass is 245 g/mol. The Labute approximate surface area is 102 Å². The van der Waals surface area contributed by atoms with E-state index in [0.717, 1.165) is 0 Å². The van der Waals surface area contributed by atoms with Crippen LogP contribution in [-0.4, -0.2) is 9.97 Å². The summed E-state index contributed by atoms with van der Waals surface area (Å²) < 4.78 is 5.60. The van der Waals surface area contributed by atoms with Gasteiger partial charge in [0.15, 0.2) is 5.58 Å². The second-order valence-electron chi connectivity index (χ2n) is 3.60. The zero-order valence-corrected chi connectivity index (χ0v) is 9.48. The molecule has 0 saturated carbocycles. The van der Waals surface area contributed by atoms with E-state index in [-0.39, 0.29) is 0 Å². The topological polar surface area (TPSA) is 64.9 Å². The number of fused-ring (bicyclic) bond motifs is 1. The molecule has 3 aromatic rings. The average Bonchev–Trinajstić information content (AvgIpc) is 2.72. The van der Waals surface area contributed by atoms with E-state index in [1.54, 1.807) is 36.7 Å². The molecule has 0 aliphatic heterocycles. The van der Waals surface area contributed by atoms with Gasteiger partial charge < -0.3 is 10.2 Å². The summed E-state index contributed by atoms with van der Waals surface area (Å²) in [5.41, 5.74) is 8.38. The minimum absolute atomic E-state index is 0.448. The van der Waals surface area contributed by atoms with Crippen LogP contribution in [0.25, 0.3) is 22.6 Å². The molecule has 1 aromatic carbocycles. The van der Waals surface area contributed by atoms with Gasteiger partial charge in [-0.15, -0.1) is 0 Å². The van der Waals surface area contributed by atoms with E-state index in [1.807, 2.05) is 0 Å². The Morgan fingerprint density at radius 3 is 2.94 bits per heavy atom. The average molecular weight is 246 g/mol. The SMILES string of the molecule is Nc1ccc2oc(-c3cnccc3Cl)nc2c1. The molecule has 3 rings (SSSR count). The largest absolute Gasteiger partial charge is 0.436 e. The standard InChI is InChI=1S/C12H8ClN3O/c13-9-3-4-15-6-8(9)12-16-10-5-7(14)1-2-11(10)17-12/h1-6H,14H2. The minimum atomic E-state index is 0.448. The first kappa shape index (κ1) is 10.1. The van der Waals surface area contributed by atoms with E-state index in [4.69, 9.17) is 21.8 Å². The van der Waals surface area contributed by atoms with Crippen molar-refractivity contribution in [2.24, 2.45) is 0 Å². The van der Waals surface area contributed by atoms with Crippen molar-refractivity contribution in [3.8, 4) is 11.5 Å². The highest BCUT2D eigenvalue weighted by Gasteiger charge is 2.11. The third kappa shape index (κ3) is 1.72. The van der Waals surface area contributed by atoms with Crippen LogP contribution in [0.15, 0.2) is 41.1 Å². The van der Waals surface area contributed by atoms with Crippen LogP contribution >= 0.6 is 11.6 Å². The van der Waals surface area contributed by atoms with Gasteiger partial charge in [-0.05, 0) is 24.3 Å². The van der Waals surface area contributed by atoms with Crippen LogP contribution in [0.3, 0.4) is 0 Å². The normalized spacial score (nSPS) is 10.9. The van der Waals surface area contributed by atoms with Gasteiger partial charge in [-0.25, -0.2) is 4.98 Å². The molecule has 0 fully saturated rings. The lowest BCUT2D eigenvalue weighted by Crippen LogP contribution is -1.82. The molecule has 0 unspecified atom stereocenters. The van der Waals surface area contributed by atoms with Gasteiger partial charge in [0.1, 0.15) is 5.52 Å². The molecule has 0 amide bonds. The number of anilines is 1. The molecular weight excluding hydrogens is 238 g/mol. The molecule has 17 heavy (non-hydrogen) atoms. The Morgan fingerprint density at radius 1 is 1.24 bits per heavy atom. The summed E-state index contributed by atoms with van der Waals surface area (Å²) in [6, 6.07) is 7.00. The highest BCUT2D eigenvalue weighted by molar-refractivity contribution is 6.33. The lowest BCUT2D eigenvalue weighted by atomic mass is 10.3. The molecule has 0 saturated heterocycles. The number of nitrogen functional groups attached to an aromatic ring is 1. The maximum absolute atomic E-state index is 6.05. The second-order valence-corrected chi connectivity index (χ2v) is 4.01. The Hall–Kier alpha value is -2.07. The van der Waals surface area contributed by atoms with Gasteiger partial charge >= 0.3 is 0 Å². The molecule has 4 nitrogen and oxygen atoms in total. The number of nitrogens with zero attached hydrogens (tertiary/aromatic N) is 2. The number of pyridine rings is 1. The predicted molar refractivity (Wildman–Crippen MR) is 66.7 cm³/mol. The number of hydrogen-bond acceptors (Lipinski definition) is 4. The summed E-state index contributed by atoms with van der Waals surface area (Å²) in [7, 11) is 0. The smallest absolute Gasteiger partial charge is 0.230 e. The first-order valence-corrected chi connectivity index (χ1v) is 5.38. The Balaban J connectivity index is 2.22. The highest BCUT2D eigenvalue weighted by Crippen LogP contribution is 2.29. The van der Waals surface area contributed by atoms with Gasteiger partial charge in [0.2, 0.25) is 5.89 Å². The first-order chi connectivity index (χ1) is 8.24. The second kappa shape index (κ2) is 3.75. The van der Waals surface area contributed by atoms with Gasteiger partial charge in [-0.3, -0.25) is 4.98 Å². The number of rotatable bonds is 1. The van der Waals surface area contributed by atoms with Gasteiger partial charge in [0, 0.05) is 18.1 Å². The number of nitrogens with two attached hydrogens (primary N) is 1. The number of hydrogen-bond donors (Lipinski definition) is 1. The summed E-state index contributed by atoms with van der Waals surface area (Å²) in [6.45, 7) is 0. The van der Waals surface area contributed by atoms with Crippen molar-refractivity contribution in [1.82, 2.24) is 9.97 Å². The van der Waals surface area contributed by atoms with Crippen LogP contribution < -0.4 is 5.73 Å². The van der Waals surface area contributed by atoms with Crippen LogP contribution in [0.1, 0.15) is 0 Å². The molecular formula is C12H8ClN3O. The fourth-order valence-electron chi connectivity index (χ4n) is 1.59. The van der Waals surface area contributed by atoms with Crippen LogP contribution in [0.5, 0.6) is 0 Å². The predicted octanol–water partition coefficient (Wildman–Crippen LogP) is 3.13. The van der Waals surface area contributed by atoms with Gasteiger partial charge in [-0.2, -0.15) is 0 Å². The van der Waals surface area contributed by atoms with Crippen LogP contribution in [0.4, 0.5) is 5.69 Å². The number of halogens is 1. The molecule has 0 bridgehead atoms. The van der Waals surface area contributed by atoms with E-state index in [9.17, 15) is 0 Å². The number of oxazole rings is 1. The summed E-state index contributed by atoms with van der Waals surface area (Å²) in [6.07, 6.45) is 3.24. The molecule has 5 heteroatoms. The summed E-state index contributed by atoms with van der Waals surface area (Å²) in [5.74, 6) is 0.448. The zero-order chi connectivity index (χ0) is 11.8. The fraction of sp³-hybridized carbons (Fsp3) is 0. The third-order valence-electron chi connectivity index (χ3n) is 2.41. The minimum Gasteiger partial charge on any atom is -0.436 e. The number of benzene rings is 1. The van der Waals surface area contributed by atoms with Crippen LogP contribution in [0.2, 0.25) is 5.02 Å². The van der Waals surface area contributed by atoms with Crippen molar-refractivity contribution in [2.75, 3.05) is 5.73 Å². The maximum atomic E-state index is 6.05. The molecule has 0 atom stereocenters. The highest BCUT2D eigenvalue weighted by atomic mass is 35.5. The van der Waals surface area contributed by atoms with Crippen molar-refractivity contribution in [2.45, 2.75) is 0 Å². The summed E-state index contributed by atoms with van der Waals surface area (Å²) >= 11 is 6.05. The molecule has 2 N–H and O–H groups in total. The Kier molecular flexibility index (Phi) is 2.23. The van der Waals surface area contributed by atoms with Gasteiger partial charge in [-0.1, -0.05) is 11.6 Å². The van der Waals surface area contributed by atoms with Crippen LogP contribution in [-0.2, 0) is 0 Å². The fourth-order valence-corrected chi connectivity index (χ4v) is 1.78. The molecule has 2 heterocycles. The van der Waals surface area contributed by atoms with Crippen molar-refractivity contribution in [3.63, 3.8) is 0 Å². The molecule has 0 aliphatic rings. The zero-order valence-electron chi connectivity index (χ0n) is 8.72. The Bertz CT molecular complexity index is 693. The van der Waals surface area contributed by atoms with E-state index in [0.29, 0.717) is 33.3 Å². The summed E-state index contributed by atoms with van der Waals surface area (Å²) in [4.78, 5) is 8.33. The quantitative estimate of drug-likeness (QED) is 0.669. The van der Waals surface area contributed by atoms with Gasteiger partial charge in [0.05, 0.1) is 10.6 Å². The Morgan fingerprint density at radius 2 is 2.12 bits per heavy atom. The van der Waals surface area contributed by atoms with E-state index >= 15 is 0 Å². The van der Waals surface area contributed by atoms with E-state index in [2.05, 4.69) is 9.97 Å². The van der Waals surface area contributed by atoms with Crippen molar-refractivity contribution < 1.29 is 4.42 Å². The lowest BCUT2D eigenvalue weighted by Gasteiger charge is -1.95. The van der Waals surface area contributed by atoms with E-state index < -0.39 is 0 Å².